The first-order chi connectivity index (χ1) is 10.2. The van der Waals surface area contributed by atoms with Crippen LogP contribution in [0.15, 0.2) is 24.3 Å². The van der Waals surface area contributed by atoms with Gasteiger partial charge in [0.05, 0.1) is 0 Å². The van der Waals surface area contributed by atoms with E-state index in [0.29, 0.717) is 6.42 Å². The lowest BCUT2D eigenvalue weighted by Gasteiger charge is -2.29. The van der Waals surface area contributed by atoms with Gasteiger partial charge in [-0.05, 0) is 24.5 Å². The molecule has 0 saturated carbocycles. The highest BCUT2D eigenvalue weighted by Crippen LogP contribution is 2.10. The number of carbonyl (C=O) groups excluding carboxylic acids is 1. The molecular formula is C17H27N3O. The molecule has 1 fully saturated rings. The highest BCUT2D eigenvalue weighted by atomic mass is 16.2. The number of hydrogen-bond donors (Lipinski definition) is 1. The van der Waals surface area contributed by atoms with Gasteiger partial charge in [-0.2, -0.15) is 0 Å². The highest BCUT2D eigenvalue weighted by molar-refractivity contribution is 5.76. The van der Waals surface area contributed by atoms with Crippen LogP contribution in [0.4, 0.5) is 0 Å². The van der Waals surface area contributed by atoms with Gasteiger partial charge in [-0.1, -0.05) is 24.3 Å². The van der Waals surface area contributed by atoms with Gasteiger partial charge in [0.1, 0.15) is 0 Å². The Bertz CT molecular complexity index is 455. The molecule has 1 aromatic carbocycles. The van der Waals surface area contributed by atoms with Gasteiger partial charge in [0.25, 0.3) is 0 Å². The summed E-state index contributed by atoms with van der Waals surface area (Å²) in [7, 11) is 1.92. The summed E-state index contributed by atoms with van der Waals surface area (Å²) in [5, 5.41) is 3.35. The van der Waals surface area contributed by atoms with Crippen LogP contribution in [0, 0.1) is 6.92 Å². The minimum Gasteiger partial charge on any atom is -0.344 e. The normalized spacial score (nSPS) is 15.9. The average molecular weight is 289 g/mol. The summed E-state index contributed by atoms with van der Waals surface area (Å²) in [5.41, 5.74) is 2.55. The standard InChI is InChI=1S/C17H27N3O/c1-15-5-3-4-6-16(15)7-8-17(21)19(2)13-14-20-11-9-18-10-12-20/h3-6,18H,7-14H2,1-2H3. The molecular weight excluding hydrogens is 262 g/mol. The van der Waals surface area contributed by atoms with E-state index in [2.05, 4.69) is 29.3 Å². The van der Waals surface area contributed by atoms with Crippen molar-refractivity contribution in [1.82, 2.24) is 15.1 Å². The maximum absolute atomic E-state index is 12.2. The lowest BCUT2D eigenvalue weighted by Crippen LogP contribution is -2.46. The van der Waals surface area contributed by atoms with Crippen molar-refractivity contribution >= 4 is 5.91 Å². The Morgan fingerprint density at radius 1 is 1.29 bits per heavy atom. The fourth-order valence-corrected chi connectivity index (χ4v) is 2.67. The Kier molecular flexibility index (Phi) is 6.21. The molecule has 0 aliphatic carbocycles. The van der Waals surface area contributed by atoms with Gasteiger partial charge in [0.15, 0.2) is 0 Å². The Morgan fingerprint density at radius 3 is 2.71 bits per heavy atom. The third-order valence-electron chi connectivity index (χ3n) is 4.26. The second-order valence-electron chi connectivity index (χ2n) is 5.83. The molecule has 0 spiro atoms. The van der Waals surface area contributed by atoms with E-state index in [4.69, 9.17) is 0 Å². The van der Waals surface area contributed by atoms with E-state index in [0.717, 1.165) is 45.7 Å². The maximum Gasteiger partial charge on any atom is 0.222 e. The molecule has 1 amide bonds. The zero-order valence-electron chi connectivity index (χ0n) is 13.3. The van der Waals surface area contributed by atoms with Gasteiger partial charge in [-0.3, -0.25) is 9.69 Å². The smallest absolute Gasteiger partial charge is 0.222 e. The molecule has 1 aliphatic heterocycles. The Balaban J connectivity index is 1.71. The van der Waals surface area contributed by atoms with Crippen molar-refractivity contribution in [2.75, 3.05) is 46.3 Å². The third-order valence-corrected chi connectivity index (χ3v) is 4.26. The third kappa shape index (κ3) is 5.14. The van der Waals surface area contributed by atoms with E-state index in [1.165, 1.54) is 11.1 Å². The van der Waals surface area contributed by atoms with Crippen molar-refractivity contribution in [2.24, 2.45) is 0 Å². The lowest BCUT2D eigenvalue weighted by molar-refractivity contribution is -0.130. The zero-order valence-corrected chi connectivity index (χ0v) is 13.3. The van der Waals surface area contributed by atoms with E-state index in [1.807, 2.05) is 24.1 Å². The molecule has 1 saturated heterocycles. The quantitative estimate of drug-likeness (QED) is 0.857. The average Bonchev–Trinajstić information content (AvgIpc) is 2.52. The Morgan fingerprint density at radius 2 is 2.00 bits per heavy atom. The molecule has 2 rings (SSSR count). The van der Waals surface area contributed by atoms with Gasteiger partial charge in [0, 0.05) is 52.7 Å². The largest absolute Gasteiger partial charge is 0.344 e. The van der Waals surface area contributed by atoms with Crippen LogP contribution in [0.5, 0.6) is 0 Å². The summed E-state index contributed by atoms with van der Waals surface area (Å²) in [6.45, 7) is 8.21. The molecule has 0 aromatic heterocycles. The molecule has 0 radical (unpaired) electrons. The topological polar surface area (TPSA) is 35.6 Å². The Hall–Kier alpha value is -1.39. The van der Waals surface area contributed by atoms with Crippen LogP contribution in [0.1, 0.15) is 17.5 Å². The molecule has 1 aliphatic rings. The van der Waals surface area contributed by atoms with Crippen LogP contribution in [0.2, 0.25) is 0 Å². The van der Waals surface area contributed by atoms with Crippen molar-refractivity contribution in [3.63, 3.8) is 0 Å². The number of piperazine rings is 1. The molecule has 1 heterocycles. The minimum atomic E-state index is 0.244. The molecule has 0 bridgehead atoms. The predicted octanol–water partition coefficient (Wildman–Crippen LogP) is 1.29. The number of amides is 1. The van der Waals surface area contributed by atoms with Gasteiger partial charge < -0.3 is 10.2 Å². The predicted molar refractivity (Wildman–Crippen MR) is 86.4 cm³/mol. The SMILES string of the molecule is Cc1ccccc1CCC(=O)N(C)CCN1CCNCC1. The number of carbonyl (C=O) groups is 1. The first-order valence-electron chi connectivity index (χ1n) is 7.88. The molecule has 116 valence electrons. The molecule has 1 N–H and O–H groups in total. The van der Waals surface area contributed by atoms with Crippen LogP contribution < -0.4 is 5.32 Å². The summed E-state index contributed by atoms with van der Waals surface area (Å²) in [6.07, 6.45) is 1.44. The van der Waals surface area contributed by atoms with Crippen LogP contribution in [0.25, 0.3) is 0 Å². The summed E-state index contributed by atoms with van der Waals surface area (Å²) in [6, 6.07) is 8.30. The van der Waals surface area contributed by atoms with E-state index in [-0.39, 0.29) is 5.91 Å². The van der Waals surface area contributed by atoms with Crippen LogP contribution in [0.3, 0.4) is 0 Å². The van der Waals surface area contributed by atoms with E-state index in [9.17, 15) is 4.79 Å². The fourth-order valence-electron chi connectivity index (χ4n) is 2.67. The molecule has 21 heavy (non-hydrogen) atoms. The summed E-state index contributed by atoms with van der Waals surface area (Å²) in [4.78, 5) is 16.5. The maximum atomic E-state index is 12.2. The first kappa shape index (κ1) is 16.0. The van der Waals surface area contributed by atoms with Crippen molar-refractivity contribution < 1.29 is 4.79 Å². The molecule has 4 nitrogen and oxygen atoms in total. The van der Waals surface area contributed by atoms with Gasteiger partial charge >= 0.3 is 0 Å². The first-order valence-corrected chi connectivity index (χ1v) is 7.88. The highest BCUT2D eigenvalue weighted by Gasteiger charge is 2.13. The minimum absolute atomic E-state index is 0.244. The van der Waals surface area contributed by atoms with E-state index >= 15 is 0 Å². The number of hydrogen-bond acceptors (Lipinski definition) is 3. The van der Waals surface area contributed by atoms with E-state index < -0.39 is 0 Å². The van der Waals surface area contributed by atoms with Crippen molar-refractivity contribution in [1.29, 1.82) is 0 Å². The fraction of sp³-hybridized carbons (Fsp3) is 0.588. The number of rotatable bonds is 6. The second kappa shape index (κ2) is 8.15. The van der Waals surface area contributed by atoms with Crippen molar-refractivity contribution in [3.8, 4) is 0 Å². The monoisotopic (exact) mass is 289 g/mol. The second-order valence-corrected chi connectivity index (χ2v) is 5.83. The molecule has 4 heteroatoms. The summed E-state index contributed by atoms with van der Waals surface area (Å²) >= 11 is 0. The summed E-state index contributed by atoms with van der Waals surface area (Å²) in [5.74, 6) is 0.244. The summed E-state index contributed by atoms with van der Waals surface area (Å²) < 4.78 is 0. The van der Waals surface area contributed by atoms with Crippen molar-refractivity contribution in [2.45, 2.75) is 19.8 Å². The van der Waals surface area contributed by atoms with Crippen LogP contribution in [-0.2, 0) is 11.2 Å². The van der Waals surface area contributed by atoms with Gasteiger partial charge in [0.2, 0.25) is 5.91 Å². The zero-order chi connectivity index (χ0) is 15.1. The van der Waals surface area contributed by atoms with Gasteiger partial charge in [-0.15, -0.1) is 0 Å². The molecule has 0 atom stereocenters. The molecule has 1 aromatic rings. The van der Waals surface area contributed by atoms with Gasteiger partial charge in [-0.25, -0.2) is 0 Å². The number of benzene rings is 1. The Labute approximate surface area is 128 Å². The van der Waals surface area contributed by atoms with Crippen molar-refractivity contribution in [3.05, 3.63) is 35.4 Å². The molecule has 0 unspecified atom stereocenters. The van der Waals surface area contributed by atoms with E-state index in [1.54, 1.807) is 0 Å². The van der Waals surface area contributed by atoms with Crippen LogP contribution in [-0.4, -0.2) is 62.0 Å². The number of nitrogens with zero attached hydrogens (tertiary/aromatic N) is 2. The number of nitrogens with one attached hydrogen (secondary N) is 1. The number of likely N-dealkylation sites (N-methyl/N-ethyl adjacent to an activating group) is 1. The van der Waals surface area contributed by atoms with Crippen LogP contribution >= 0.6 is 0 Å². The number of aryl methyl sites for hydroxylation is 2. The lowest BCUT2D eigenvalue weighted by atomic mass is 10.0.